The molecule has 8 nitrogen and oxygen atoms in total. The summed E-state index contributed by atoms with van der Waals surface area (Å²) in [6.07, 6.45) is 0.788. The van der Waals surface area contributed by atoms with Gasteiger partial charge in [-0.25, -0.2) is 13.6 Å². The predicted octanol–water partition coefficient (Wildman–Crippen LogP) is -0.0917. The molecular formula is C10H16N6O2S. The number of aromatic nitrogens is 5. The van der Waals surface area contributed by atoms with E-state index in [1.807, 2.05) is 13.0 Å². The predicted molar refractivity (Wildman–Crippen MR) is 68.6 cm³/mol. The topological polar surface area (TPSA) is 109 Å². The summed E-state index contributed by atoms with van der Waals surface area (Å²) < 4.78 is 26.0. The van der Waals surface area contributed by atoms with E-state index < -0.39 is 10.0 Å². The van der Waals surface area contributed by atoms with Gasteiger partial charge in [0.2, 0.25) is 0 Å². The lowest BCUT2D eigenvalue weighted by molar-refractivity contribution is 0.570. The molecule has 104 valence electrons. The fourth-order valence-electron chi connectivity index (χ4n) is 1.88. The van der Waals surface area contributed by atoms with E-state index in [1.165, 1.54) is 4.57 Å². The SMILES string of the molecule is CCc1cc(-c2nnc(S(N)(=O)=O)n2CC)n(C)n1. The zero-order valence-electron chi connectivity index (χ0n) is 11.0. The minimum atomic E-state index is -3.88. The Morgan fingerprint density at radius 1 is 1.32 bits per heavy atom. The maximum absolute atomic E-state index is 11.4. The molecule has 0 spiro atoms. The third kappa shape index (κ3) is 2.38. The summed E-state index contributed by atoms with van der Waals surface area (Å²) in [5.41, 5.74) is 1.61. The van der Waals surface area contributed by atoms with E-state index in [2.05, 4.69) is 15.3 Å². The molecule has 0 saturated carbocycles. The van der Waals surface area contributed by atoms with Gasteiger partial charge < -0.3 is 0 Å². The molecule has 0 aliphatic rings. The fraction of sp³-hybridized carbons (Fsp3) is 0.500. The van der Waals surface area contributed by atoms with E-state index in [0.717, 1.165) is 12.1 Å². The number of primary sulfonamides is 1. The molecule has 2 heterocycles. The van der Waals surface area contributed by atoms with Crippen LogP contribution in [0.25, 0.3) is 11.5 Å². The molecule has 0 aliphatic heterocycles. The van der Waals surface area contributed by atoms with Gasteiger partial charge in [0.15, 0.2) is 5.82 Å². The first-order chi connectivity index (χ1) is 8.88. The van der Waals surface area contributed by atoms with Gasteiger partial charge in [-0.3, -0.25) is 9.25 Å². The van der Waals surface area contributed by atoms with Gasteiger partial charge in [-0.15, -0.1) is 10.2 Å². The second-order valence-corrected chi connectivity index (χ2v) is 5.55. The monoisotopic (exact) mass is 284 g/mol. The van der Waals surface area contributed by atoms with E-state index in [1.54, 1.807) is 18.7 Å². The number of nitrogens with two attached hydrogens (primary N) is 1. The van der Waals surface area contributed by atoms with Crippen molar-refractivity contribution in [2.75, 3.05) is 0 Å². The van der Waals surface area contributed by atoms with Crippen LogP contribution in [-0.4, -0.2) is 33.0 Å². The van der Waals surface area contributed by atoms with Crippen LogP contribution in [0.3, 0.4) is 0 Å². The van der Waals surface area contributed by atoms with Crippen LogP contribution < -0.4 is 5.14 Å². The quantitative estimate of drug-likeness (QED) is 0.843. The average Bonchev–Trinajstić information content (AvgIpc) is 2.90. The summed E-state index contributed by atoms with van der Waals surface area (Å²) in [4.78, 5) is 0. The smallest absolute Gasteiger partial charge is 0.273 e. The summed E-state index contributed by atoms with van der Waals surface area (Å²) >= 11 is 0. The summed E-state index contributed by atoms with van der Waals surface area (Å²) in [7, 11) is -2.11. The van der Waals surface area contributed by atoms with Gasteiger partial charge in [-0.2, -0.15) is 5.10 Å². The number of sulfonamides is 1. The summed E-state index contributed by atoms with van der Waals surface area (Å²) in [6, 6.07) is 1.86. The molecule has 0 aliphatic carbocycles. The van der Waals surface area contributed by atoms with E-state index in [4.69, 9.17) is 5.14 Å². The van der Waals surface area contributed by atoms with Crippen LogP contribution in [0.2, 0.25) is 0 Å². The van der Waals surface area contributed by atoms with Crippen molar-refractivity contribution in [2.45, 2.75) is 32.0 Å². The van der Waals surface area contributed by atoms with Gasteiger partial charge in [0, 0.05) is 13.6 Å². The highest BCUT2D eigenvalue weighted by Crippen LogP contribution is 2.20. The van der Waals surface area contributed by atoms with Gasteiger partial charge in [-0.05, 0) is 19.4 Å². The molecule has 19 heavy (non-hydrogen) atoms. The molecule has 0 bridgehead atoms. The zero-order chi connectivity index (χ0) is 14.2. The molecule has 0 aromatic carbocycles. The highest BCUT2D eigenvalue weighted by Gasteiger charge is 2.22. The molecule has 0 unspecified atom stereocenters. The maximum Gasteiger partial charge on any atom is 0.273 e. The standard InChI is InChI=1S/C10H16N6O2S/c1-4-7-6-8(15(3)14-7)9-12-13-10(16(9)5-2)19(11,17)18/h6H,4-5H2,1-3H3,(H2,11,17,18). The largest absolute Gasteiger partial charge is 0.296 e. The Kier molecular flexibility index (Phi) is 3.42. The van der Waals surface area contributed by atoms with Crippen molar-refractivity contribution in [1.29, 1.82) is 0 Å². The number of rotatable bonds is 4. The van der Waals surface area contributed by atoms with Gasteiger partial charge >= 0.3 is 0 Å². The molecule has 0 atom stereocenters. The molecule has 2 aromatic rings. The first-order valence-corrected chi connectivity index (χ1v) is 7.42. The lowest BCUT2D eigenvalue weighted by Crippen LogP contribution is -2.18. The van der Waals surface area contributed by atoms with Gasteiger partial charge in [0.05, 0.1) is 5.69 Å². The second kappa shape index (κ2) is 4.74. The van der Waals surface area contributed by atoms with Crippen LogP contribution in [0.4, 0.5) is 0 Å². The van der Waals surface area contributed by atoms with Crippen LogP contribution in [0.15, 0.2) is 11.2 Å². The van der Waals surface area contributed by atoms with Crippen molar-refractivity contribution < 1.29 is 8.42 Å². The highest BCUT2D eigenvalue weighted by molar-refractivity contribution is 7.89. The Hall–Kier alpha value is -1.74. The fourth-order valence-corrected chi connectivity index (χ4v) is 2.56. The van der Waals surface area contributed by atoms with E-state index in [0.29, 0.717) is 18.1 Å². The van der Waals surface area contributed by atoms with Crippen molar-refractivity contribution in [2.24, 2.45) is 12.2 Å². The van der Waals surface area contributed by atoms with E-state index in [-0.39, 0.29) is 5.16 Å². The van der Waals surface area contributed by atoms with Crippen molar-refractivity contribution in [3.8, 4) is 11.5 Å². The second-order valence-electron chi connectivity index (χ2n) is 4.09. The van der Waals surface area contributed by atoms with Gasteiger partial charge in [-0.1, -0.05) is 6.92 Å². The molecule has 9 heteroatoms. The lowest BCUT2D eigenvalue weighted by atomic mass is 10.3. The Bertz CT molecular complexity index is 700. The normalized spacial score (nSPS) is 12.0. The summed E-state index contributed by atoms with van der Waals surface area (Å²) in [5, 5.41) is 16.8. The van der Waals surface area contributed by atoms with Crippen molar-refractivity contribution >= 4 is 10.0 Å². The maximum atomic E-state index is 11.4. The van der Waals surface area contributed by atoms with Gasteiger partial charge in [0.1, 0.15) is 5.69 Å². The molecule has 0 fully saturated rings. The van der Waals surface area contributed by atoms with Crippen molar-refractivity contribution in [3.63, 3.8) is 0 Å². The number of aryl methyl sites for hydroxylation is 2. The van der Waals surface area contributed by atoms with Crippen LogP contribution >= 0.6 is 0 Å². The molecule has 2 rings (SSSR count). The van der Waals surface area contributed by atoms with Crippen molar-refractivity contribution in [1.82, 2.24) is 24.5 Å². The minimum Gasteiger partial charge on any atom is -0.296 e. The van der Waals surface area contributed by atoms with E-state index in [9.17, 15) is 8.42 Å². The van der Waals surface area contributed by atoms with Crippen LogP contribution in [-0.2, 0) is 30.0 Å². The first kappa shape index (κ1) is 13.7. The zero-order valence-corrected chi connectivity index (χ0v) is 11.8. The Balaban J connectivity index is 2.63. The third-order valence-electron chi connectivity index (χ3n) is 2.81. The summed E-state index contributed by atoms with van der Waals surface area (Å²) in [6.45, 7) is 4.20. The lowest BCUT2D eigenvalue weighted by Gasteiger charge is -2.05. The minimum absolute atomic E-state index is 0.232. The van der Waals surface area contributed by atoms with Gasteiger partial charge in [0.25, 0.3) is 15.2 Å². The van der Waals surface area contributed by atoms with Crippen molar-refractivity contribution in [3.05, 3.63) is 11.8 Å². The van der Waals surface area contributed by atoms with Crippen LogP contribution in [0.1, 0.15) is 19.5 Å². The first-order valence-electron chi connectivity index (χ1n) is 5.87. The summed E-state index contributed by atoms with van der Waals surface area (Å²) in [5.74, 6) is 0.446. The molecule has 2 aromatic heterocycles. The number of hydrogen-bond donors (Lipinski definition) is 1. The molecular weight excluding hydrogens is 268 g/mol. The molecule has 0 saturated heterocycles. The Morgan fingerprint density at radius 2 is 2.00 bits per heavy atom. The Morgan fingerprint density at radius 3 is 2.47 bits per heavy atom. The molecule has 0 amide bonds. The molecule has 2 N–H and O–H groups in total. The Labute approximate surface area is 111 Å². The average molecular weight is 284 g/mol. The highest BCUT2D eigenvalue weighted by atomic mass is 32.2. The third-order valence-corrected chi connectivity index (χ3v) is 3.62. The van der Waals surface area contributed by atoms with Crippen LogP contribution in [0, 0.1) is 0 Å². The number of hydrogen-bond acceptors (Lipinski definition) is 5. The number of nitrogens with zero attached hydrogens (tertiary/aromatic N) is 5. The molecule has 0 radical (unpaired) electrons. The van der Waals surface area contributed by atoms with E-state index >= 15 is 0 Å². The van der Waals surface area contributed by atoms with Crippen LogP contribution in [0.5, 0.6) is 0 Å².